The molecule has 7 rings (SSSR count). The van der Waals surface area contributed by atoms with Gasteiger partial charge in [0, 0.05) is 38.5 Å². The third kappa shape index (κ3) is 7.02. The van der Waals surface area contributed by atoms with Crippen LogP contribution < -0.4 is 31.1 Å². The number of hydrogen-bond donors (Lipinski definition) is 3. The van der Waals surface area contributed by atoms with Crippen LogP contribution in [-0.2, 0) is 42.2 Å². The molecule has 0 radical (unpaired) electrons. The molecular weight excluding hydrogens is 711 g/mol. The van der Waals surface area contributed by atoms with Gasteiger partial charge < -0.3 is 25.2 Å². The van der Waals surface area contributed by atoms with Crippen molar-refractivity contribution >= 4 is 45.2 Å². The summed E-state index contributed by atoms with van der Waals surface area (Å²) in [5.74, 6) is -3.10. The number of anilines is 2. The number of halogens is 1. The molecule has 3 heterocycles. The van der Waals surface area contributed by atoms with Crippen molar-refractivity contribution in [2.24, 2.45) is 5.92 Å². The van der Waals surface area contributed by atoms with Crippen LogP contribution in [0, 0.1) is 11.7 Å². The van der Waals surface area contributed by atoms with E-state index in [4.69, 9.17) is 4.74 Å². The minimum Gasteiger partial charge on any atom is -0.444 e. The maximum Gasteiger partial charge on any atom is 0.410 e. The Morgan fingerprint density at radius 2 is 1.81 bits per heavy atom. The molecule has 15 nitrogen and oxygen atoms in total. The number of nitrogens with one attached hydrogen (secondary N) is 3. The van der Waals surface area contributed by atoms with Crippen molar-refractivity contribution in [3.8, 4) is 0 Å². The van der Waals surface area contributed by atoms with Gasteiger partial charge >= 0.3 is 6.09 Å². The summed E-state index contributed by atoms with van der Waals surface area (Å²) in [6, 6.07) is 2.30. The van der Waals surface area contributed by atoms with Gasteiger partial charge in [0.1, 0.15) is 40.9 Å². The van der Waals surface area contributed by atoms with Crippen molar-refractivity contribution in [1.82, 2.24) is 19.8 Å². The number of rotatable bonds is 7. The highest BCUT2D eigenvalue weighted by Crippen LogP contribution is 2.46. The number of carbonyl (C=O) groups is 4. The van der Waals surface area contributed by atoms with Crippen LogP contribution in [0.25, 0.3) is 0 Å². The topological polar surface area (TPSA) is 192 Å². The quantitative estimate of drug-likeness (QED) is 0.274. The van der Waals surface area contributed by atoms with Crippen LogP contribution in [0.4, 0.5) is 20.6 Å². The molecule has 4 amide bonds. The third-order valence-corrected chi connectivity index (χ3v) is 12.8. The summed E-state index contributed by atoms with van der Waals surface area (Å²) in [5, 5.41) is 5.10. The first kappa shape index (κ1) is 36.6. The Morgan fingerprint density at radius 3 is 2.53 bits per heavy atom. The van der Waals surface area contributed by atoms with Gasteiger partial charge in [0.15, 0.2) is 0 Å². The second-order valence-electron chi connectivity index (χ2n) is 15.0. The zero-order valence-corrected chi connectivity index (χ0v) is 30.4. The van der Waals surface area contributed by atoms with Crippen LogP contribution in [0.15, 0.2) is 39.9 Å². The molecule has 2 aliphatic carbocycles. The first-order chi connectivity index (χ1) is 25.2. The van der Waals surface area contributed by atoms with Gasteiger partial charge in [-0.2, -0.15) is 0 Å². The number of sulfonamides is 1. The SMILES string of the molecule is CN(C)c1c(N[C@H]2CCCCC/C=C\[C@@H]3C[C@@]3(C(=O)NS(=O)(=O)C3CC3)NC(=O)[C@@H]3C[C@@H](OC(=O)N4Cc5cccc(F)c5C4)CN3C2=O)c(=O)c1=O. The average Bonchev–Trinajstić information content (AvgIpc) is 3.99. The Balaban J connectivity index is 1.17. The number of hydrogen-bond acceptors (Lipinski definition) is 11. The molecule has 2 aromatic carbocycles. The van der Waals surface area contributed by atoms with Crippen LogP contribution in [0.1, 0.15) is 68.9 Å². The highest BCUT2D eigenvalue weighted by Gasteiger charge is 2.62. The number of allylic oxidation sites excluding steroid dienone is 1. The van der Waals surface area contributed by atoms with Crippen molar-refractivity contribution < 1.29 is 36.7 Å². The number of amides is 4. The molecule has 17 heteroatoms. The van der Waals surface area contributed by atoms with E-state index in [1.54, 1.807) is 32.3 Å². The zero-order valence-electron chi connectivity index (χ0n) is 29.6. The van der Waals surface area contributed by atoms with E-state index >= 15 is 0 Å². The van der Waals surface area contributed by atoms with Gasteiger partial charge in [0.2, 0.25) is 21.8 Å². The molecule has 53 heavy (non-hydrogen) atoms. The lowest BCUT2D eigenvalue weighted by Crippen LogP contribution is -2.57. The smallest absolute Gasteiger partial charge is 0.410 e. The second-order valence-corrected chi connectivity index (χ2v) is 16.9. The maximum absolute atomic E-state index is 14.5. The minimum atomic E-state index is -3.94. The Hall–Kier alpha value is -4.80. The first-order valence-corrected chi connectivity index (χ1v) is 19.6. The van der Waals surface area contributed by atoms with E-state index in [1.165, 1.54) is 20.8 Å². The van der Waals surface area contributed by atoms with E-state index in [-0.39, 0.29) is 50.3 Å². The molecule has 1 saturated heterocycles. The summed E-state index contributed by atoms with van der Waals surface area (Å²) in [6.45, 7) is -0.108. The van der Waals surface area contributed by atoms with Gasteiger partial charge in [-0.3, -0.25) is 33.6 Å². The zero-order chi connectivity index (χ0) is 37.8. The standard InChI is InChI=1S/C36H43FN6O9S/c1-41(2)29-28(30(44)31(29)45)38-26-12-7-5-3-4-6-10-21-16-36(21,34(48)40-53(50,51)23-13-14-23)39-32(46)27-15-22(18-43(27)33(26)47)52-35(49)42-17-20-9-8-11-25(37)24(20)19-42/h6,8-11,21-23,26-27,38H,3-5,7,12-19H2,1-2H3,(H,39,46)(H,40,48)/b10-6-/t21-,22-,26+,27+,36-/m1/s1. The highest BCUT2D eigenvalue weighted by atomic mass is 32.2. The van der Waals surface area contributed by atoms with Crippen molar-refractivity contribution in [3.05, 3.63) is 67.7 Å². The predicted octanol–water partition coefficient (Wildman–Crippen LogP) is 1.39. The summed E-state index contributed by atoms with van der Waals surface area (Å²) in [6.07, 6.45) is 5.75. The summed E-state index contributed by atoms with van der Waals surface area (Å²) < 4.78 is 48.0. The molecule has 284 valence electrons. The normalized spacial score (nSPS) is 28.1. The van der Waals surface area contributed by atoms with E-state index < -0.39 is 85.4 Å². The molecule has 5 aliphatic rings. The van der Waals surface area contributed by atoms with Crippen molar-refractivity contribution in [2.75, 3.05) is 30.9 Å². The van der Waals surface area contributed by atoms with Crippen molar-refractivity contribution in [3.63, 3.8) is 0 Å². The number of fused-ring (bicyclic) bond motifs is 3. The lowest BCUT2D eigenvalue weighted by atomic mass is 10.0. The lowest BCUT2D eigenvalue weighted by molar-refractivity contribution is -0.140. The fraction of sp³-hybridized carbons (Fsp3) is 0.556. The van der Waals surface area contributed by atoms with Gasteiger partial charge in [-0.05, 0) is 50.2 Å². The van der Waals surface area contributed by atoms with E-state index in [0.29, 0.717) is 43.2 Å². The predicted molar refractivity (Wildman–Crippen MR) is 190 cm³/mol. The third-order valence-electron chi connectivity index (χ3n) is 10.9. The van der Waals surface area contributed by atoms with Gasteiger partial charge in [-0.25, -0.2) is 17.6 Å². The molecule has 3 aliphatic heterocycles. The molecule has 0 aromatic heterocycles. The van der Waals surface area contributed by atoms with Gasteiger partial charge in [-0.1, -0.05) is 37.1 Å². The molecule has 0 unspecified atom stereocenters. The molecule has 0 spiro atoms. The fourth-order valence-corrected chi connectivity index (χ4v) is 9.05. The van der Waals surface area contributed by atoms with Crippen LogP contribution in [-0.4, -0.2) is 91.6 Å². The maximum atomic E-state index is 14.5. The van der Waals surface area contributed by atoms with Crippen molar-refractivity contribution in [1.29, 1.82) is 0 Å². The number of nitrogens with zero attached hydrogens (tertiary/aromatic N) is 3. The van der Waals surface area contributed by atoms with Gasteiger partial charge in [-0.15, -0.1) is 0 Å². The number of carbonyl (C=O) groups excluding carboxylic acids is 4. The monoisotopic (exact) mass is 754 g/mol. The Kier molecular flexibility index (Phi) is 9.57. The molecule has 0 bridgehead atoms. The highest BCUT2D eigenvalue weighted by molar-refractivity contribution is 7.91. The van der Waals surface area contributed by atoms with E-state index in [0.717, 1.165) is 6.42 Å². The average molecular weight is 755 g/mol. The Labute approximate surface area is 305 Å². The molecule has 3 fully saturated rings. The largest absolute Gasteiger partial charge is 0.444 e. The Morgan fingerprint density at radius 1 is 1.04 bits per heavy atom. The Bertz CT molecular complexity index is 2060. The number of benzene rings is 1. The fourth-order valence-electron chi connectivity index (χ4n) is 7.69. The van der Waals surface area contributed by atoms with Crippen LogP contribution in [0.5, 0.6) is 0 Å². The molecule has 2 saturated carbocycles. The number of ether oxygens (including phenoxy) is 1. The second kappa shape index (κ2) is 13.9. The summed E-state index contributed by atoms with van der Waals surface area (Å²) in [4.78, 5) is 84.9. The first-order valence-electron chi connectivity index (χ1n) is 18.0. The lowest BCUT2D eigenvalue weighted by Gasteiger charge is -2.31. The van der Waals surface area contributed by atoms with Crippen molar-refractivity contribution in [2.45, 2.75) is 99.9 Å². The van der Waals surface area contributed by atoms with E-state index in [9.17, 15) is 41.6 Å². The molecule has 5 atom stereocenters. The van der Waals surface area contributed by atoms with E-state index in [1.807, 2.05) is 6.08 Å². The van der Waals surface area contributed by atoms with Gasteiger partial charge in [0.25, 0.3) is 16.8 Å². The minimum absolute atomic E-state index is 0.00322. The summed E-state index contributed by atoms with van der Waals surface area (Å²) in [5.41, 5.74) is -1.88. The van der Waals surface area contributed by atoms with Crippen LogP contribution in [0.3, 0.4) is 0 Å². The van der Waals surface area contributed by atoms with Gasteiger partial charge in [0.05, 0.1) is 18.3 Å². The summed E-state index contributed by atoms with van der Waals surface area (Å²) in [7, 11) is -0.729. The van der Waals surface area contributed by atoms with Crippen LogP contribution >= 0.6 is 0 Å². The molecular formula is C36H43FN6O9S. The molecule has 3 N–H and O–H groups in total. The van der Waals surface area contributed by atoms with E-state index in [2.05, 4.69) is 15.4 Å². The molecule has 2 aromatic rings. The summed E-state index contributed by atoms with van der Waals surface area (Å²) >= 11 is 0. The van der Waals surface area contributed by atoms with Crippen LogP contribution in [0.2, 0.25) is 0 Å².